The highest BCUT2D eigenvalue weighted by Crippen LogP contribution is 2.16. The fraction of sp³-hybridized carbons (Fsp3) is 0.176. The topological polar surface area (TPSA) is 57.8 Å². The molecule has 112 valence electrons. The molecule has 0 aliphatic rings. The number of carbonyl (C=O) groups excluding carboxylic acids is 1. The zero-order chi connectivity index (χ0) is 15.4. The van der Waals surface area contributed by atoms with Crippen LogP contribution in [0.25, 0.3) is 11.3 Å². The normalized spacial score (nSPS) is 12.0. The van der Waals surface area contributed by atoms with Crippen molar-refractivity contribution in [1.29, 1.82) is 0 Å². The molecule has 3 aromatic rings. The van der Waals surface area contributed by atoms with Crippen LogP contribution in [-0.2, 0) is 6.42 Å². The van der Waals surface area contributed by atoms with Crippen molar-refractivity contribution in [1.82, 2.24) is 15.5 Å². The summed E-state index contributed by atoms with van der Waals surface area (Å²) in [5.41, 5.74) is 3.88. The fourth-order valence-electron chi connectivity index (χ4n) is 2.34. The molecule has 1 amide bonds. The molecule has 3 rings (SSSR count). The SMILES string of the molecule is C[C@@H](Cc1ccsc1)NC(=O)c1ccc(-c2ccn[nH]2)cc1. The highest BCUT2D eigenvalue weighted by atomic mass is 32.1. The summed E-state index contributed by atoms with van der Waals surface area (Å²) in [6, 6.07) is 11.6. The van der Waals surface area contributed by atoms with Crippen LogP contribution in [0.3, 0.4) is 0 Å². The minimum absolute atomic E-state index is 0.0427. The van der Waals surface area contributed by atoms with Gasteiger partial charge in [0.05, 0.1) is 5.69 Å². The lowest BCUT2D eigenvalue weighted by Crippen LogP contribution is -2.33. The molecule has 1 aromatic carbocycles. The highest BCUT2D eigenvalue weighted by Gasteiger charge is 2.11. The molecule has 0 saturated heterocycles. The predicted molar refractivity (Wildman–Crippen MR) is 89.0 cm³/mol. The van der Waals surface area contributed by atoms with Gasteiger partial charge in [-0.25, -0.2) is 0 Å². The molecule has 5 heteroatoms. The van der Waals surface area contributed by atoms with Crippen molar-refractivity contribution in [3.8, 4) is 11.3 Å². The van der Waals surface area contributed by atoms with Gasteiger partial charge in [0, 0.05) is 17.8 Å². The highest BCUT2D eigenvalue weighted by molar-refractivity contribution is 7.07. The predicted octanol–water partition coefficient (Wildman–Crippen LogP) is 3.50. The Kier molecular flexibility index (Phi) is 4.34. The molecule has 2 heterocycles. The van der Waals surface area contributed by atoms with E-state index in [1.807, 2.05) is 37.3 Å². The average Bonchev–Trinajstić information content (AvgIpc) is 3.20. The standard InChI is InChI=1S/C17H17N3OS/c1-12(10-13-7-9-22-11-13)19-17(21)15-4-2-14(3-5-15)16-6-8-18-20-16/h2-9,11-12H,10H2,1H3,(H,18,20)(H,19,21)/t12-/m0/s1. The van der Waals surface area contributed by atoms with E-state index in [0.717, 1.165) is 17.7 Å². The van der Waals surface area contributed by atoms with Gasteiger partial charge in [-0.1, -0.05) is 12.1 Å². The Hall–Kier alpha value is -2.40. The zero-order valence-corrected chi connectivity index (χ0v) is 13.1. The molecule has 1 atom stereocenters. The summed E-state index contributed by atoms with van der Waals surface area (Å²) < 4.78 is 0. The van der Waals surface area contributed by atoms with Crippen molar-refractivity contribution in [3.05, 3.63) is 64.5 Å². The monoisotopic (exact) mass is 311 g/mol. The molecule has 2 aromatic heterocycles. The number of nitrogens with zero attached hydrogens (tertiary/aromatic N) is 1. The molecular weight excluding hydrogens is 294 g/mol. The minimum Gasteiger partial charge on any atom is -0.349 e. The summed E-state index contributed by atoms with van der Waals surface area (Å²) in [5, 5.41) is 14.0. The van der Waals surface area contributed by atoms with Crippen molar-refractivity contribution in [2.75, 3.05) is 0 Å². The second kappa shape index (κ2) is 6.58. The molecule has 0 unspecified atom stereocenters. The Bertz CT molecular complexity index is 718. The van der Waals surface area contributed by atoms with Crippen LogP contribution in [0.1, 0.15) is 22.8 Å². The van der Waals surface area contributed by atoms with Crippen molar-refractivity contribution in [3.63, 3.8) is 0 Å². The molecule has 0 aliphatic heterocycles. The smallest absolute Gasteiger partial charge is 0.251 e. The second-order valence-electron chi connectivity index (χ2n) is 5.26. The van der Waals surface area contributed by atoms with E-state index < -0.39 is 0 Å². The molecule has 0 radical (unpaired) electrons. The third kappa shape index (κ3) is 3.43. The maximum absolute atomic E-state index is 12.3. The molecule has 2 N–H and O–H groups in total. The Balaban J connectivity index is 1.62. The number of amides is 1. The van der Waals surface area contributed by atoms with Gasteiger partial charge in [0.2, 0.25) is 0 Å². The number of thiophene rings is 1. The van der Waals surface area contributed by atoms with Gasteiger partial charge in [0.25, 0.3) is 5.91 Å². The van der Waals surface area contributed by atoms with Crippen LogP contribution < -0.4 is 5.32 Å². The molecule has 22 heavy (non-hydrogen) atoms. The summed E-state index contributed by atoms with van der Waals surface area (Å²) in [6.07, 6.45) is 2.56. The molecule has 0 bridgehead atoms. The number of H-pyrrole nitrogens is 1. The van der Waals surface area contributed by atoms with Gasteiger partial charge < -0.3 is 5.32 Å². The Morgan fingerprint density at radius 1 is 1.27 bits per heavy atom. The van der Waals surface area contributed by atoms with Crippen LogP contribution in [0, 0.1) is 0 Å². The Labute approximate surface area is 133 Å². The number of aromatic nitrogens is 2. The maximum atomic E-state index is 12.3. The number of hydrogen-bond acceptors (Lipinski definition) is 3. The number of rotatable bonds is 5. The second-order valence-corrected chi connectivity index (χ2v) is 6.04. The van der Waals surface area contributed by atoms with Crippen LogP contribution >= 0.6 is 11.3 Å². The quantitative estimate of drug-likeness (QED) is 0.757. The first-order chi connectivity index (χ1) is 10.7. The molecule has 0 spiro atoms. The lowest BCUT2D eigenvalue weighted by atomic mass is 10.1. The lowest BCUT2D eigenvalue weighted by Gasteiger charge is -2.13. The maximum Gasteiger partial charge on any atom is 0.251 e. The number of benzene rings is 1. The molecule has 0 aliphatic carbocycles. The first kappa shape index (κ1) is 14.5. The summed E-state index contributed by atoms with van der Waals surface area (Å²) >= 11 is 1.68. The summed E-state index contributed by atoms with van der Waals surface area (Å²) in [4.78, 5) is 12.3. The number of nitrogens with one attached hydrogen (secondary N) is 2. The molecule has 0 saturated carbocycles. The number of hydrogen-bond donors (Lipinski definition) is 2. The molecule has 4 nitrogen and oxygen atoms in total. The van der Waals surface area contributed by atoms with Gasteiger partial charge in [-0.05, 0) is 59.5 Å². The average molecular weight is 311 g/mol. The summed E-state index contributed by atoms with van der Waals surface area (Å²) in [7, 11) is 0. The first-order valence-corrected chi connectivity index (χ1v) is 8.08. The van der Waals surface area contributed by atoms with Crippen LogP contribution in [0.5, 0.6) is 0 Å². The first-order valence-electron chi connectivity index (χ1n) is 7.14. The Morgan fingerprint density at radius 3 is 2.73 bits per heavy atom. The van der Waals surface area contributed by atoms with Crippen molar-refractivity contribution in [2.45, 2.75) is 19.4 Å². The van der Waals surface area contributed by atoms with Gasteiger partial charge in [0.1, 0.15) is 0 Å². The van der Waals surface area contributed by atoms with Crippen molar-refractivity contribution < 1.29 is 4.79 Å². The van der Waals surface area contributed by atoms with Gasteiger partial charge in [-0.15, -0.1) is 0 Å². The number of aromatic amines is 1. The van der Waals surface area contributed by atoms with Gasteiger partial charge in [-0.2, -0.15) is 16.4 Å². The lowest BCUT2D eigenvalue weighted by molar-refractivity contribution is 0.0940. The van der Waals surface area contributed by atoms with E-state index in [4.69, 9.17) is 0 Å². The number of carbonyl (C=O) groups is 1. The van der Waals surface area contributed by atoms with Crippen LogP contribution in [-0.4, -0.2) is 22.1 Å². The van der Waals surface area contributed by atoms with E-state index in [1.165, 1.54) is 5.56 Å². The van der Waals surface area contributed by atoms with E-state index in [0.29, 0.717) is 5.56 Å². The molecular formula is C17H17N3OS. The van der Waals surface area contributed by atoms with Crippen molar-refractivity contribution in [2.24, 2.45) is 0 Å². The zero-order valence-electron chi connectivity index (χ0n) is 12.2. The van der Waals surface area contributed by atoms with E-state index in [2.05, 4.69) is 32.3 Å². The summed E-state index contributed by atoms with van der Waals surface area (Å²) in [5.74, 6) is -0.0427. The fourth-order valence-corrected chi connectivity index (χ4v) is 3.02. The third-order valence-electron chi connectivity index (χ3n) is 3.46. The third-order valence-corrected chi connectivity index (χ3v) is 4.19. The minimum atomic E-state index is -0.0427. The largest absolute Gasteiger partial charge is 0.349 e. The van der Waals surface area contributed by atoms with Crippen molar-refractivity contribution >= 4 is 17.2 Å². The van der Waals surface area contributed by atoms with Gasteiger partial charge >= 0.3 is 0 Å². The van der Waals surface area contributed by atoms with E-state index in [-0.39, 0.29) is 11.9 Å². The van der Waals surface area contributed by atoms with E-state index in [1.54, 1.807) is 17.5 Å². The van der Waals surface area contributed by atoms with Crippen LogP contribution in [0.4, 0.5) is 0 Å². The van der Waals surface area contributed by atoms with Gasteiger partial charge in [0.15, 0.2) is 0 Å². The molecule has 0 fully saturated rings. The van der Waals surface area contributed by atoms with Crippen LogP contribution in [0.2, 0.25) is 0 Å². The summed E-state index contributed by atoms with van der Waals surface area (Å²) in [6.45, 7) is 2.02. The Morgan fingerprint density at radius 2 is 2.09 bits per heavy atom. The van der Waals surface area contributed by atoms with Crippen LogP contribution in [0.15, 0.2) is 53.4 Å². The van der Waals surface area contributed by atoms with Gasteiger partial charge in [-0.3, -0.25) is 9.89 Å². The van der Waals surface area contributed by atoms with E-state index >= 15 is 0 Å². The van der Waals surface area contributed by atoms with E-state index in [9.17, 15) is 4.79 Å².